The predicted molar refractivity (Wildman–Crippen MR) is 83.1 cm³/mol. The van der Waals surface area contributed by atoms with Gasteiger partial charge in [0, 0.05) is 31.6 Å². The Hall–Kier alpha value is -2.71. The minimum absolute atomic E-state index is 0.0115. The highest BCUT2D eigenvalue weighted by Crippen LogP contribution is 2.14. The maximum atomic E-state index is 12.3. The smallest absolute Gasteiger partial charge is 0.274 e. The summed E-state index contributed by atoms with van der Waals surface area (Å²) in [7, 11) is 0. The van der Waals surface area contributed by atoms with Gasteiger partial charge in [0.25, 0.3) is 11.5 Å². The van der Waals surface area contributed by atoms with Crippen LogP contribution in [0, 0.1) is 0 Å². The van der Waals surface area contributed by atoms with Crippen LogP contribution in [0.15, 0.2) is 16.9 Å². The number of carbonyl (C=O) groups is 3. The van der Waals surface area contributed by atoms with E-state index in [9.17, 15) is 19.2 Å². The van der Waals surface area contributed by atoms with Crippen molar-refractivity contribution >= 4 is 17.7 Å². The lowest BCUT2D eigenvalue weighted by Gasteiger charge is -2.32. The van der Waals surface area contributed by atoms with Gasteiger partial charge in [0.2, 0.25) is 11.8 Å². The summed E-state index contributed by atoms with van der Waals surface area (Å²) in [4.78, 5) is 48.2. The van der Waals surface area contributed by atoms with Gasteiger partial charge in [-0.2, -0.15) is 5.10 Å². The average molecular weight is 333 g/mol. The van der Waals surface area contributed by atoms with Crippen molar-refractivity contribution in [3.05, 3.63) is 28.2 Å². The molecule has 0 radical (unpaired) electrons. The van der Waals surface area contributed by atoms with Crippen molar-refractivity contribution in [2.45, 2.75) is 37.8 Å². The lowest BCUT2D eigenvalue weighted by Crippen LogP contribution is -2.50. The number of nitrogens with one attached hydrogen (secondary N) is 3. The molecule has 0 aliphatic carbocycles. The number of rotatable bonds is 3. The molecule has 1 atom stereocenters. The van der Waals surface area contributed by atoms with Gasteiger partial charge >= 0.3 is 0 Å². The maximum absolute atomic E-state index is 12.3. The molecule has 24 heavy (non-hydrogen) atoms. The van der Waals surface area contributed by atoms with Gasteiger partial charge in [-0.25, -0.2) is 5.10 Å². The van der Waals surface area contributed by atoms with Crippen molar-refractivity contribution in [2.75, 3.05) is 13.1 Å². The zero-order valence-corrected chi connectivity index (χ0v) is 13.1. The third kappa shape index (κ3) is 3.61. The van der Waals surface area contributed by atoms with Gasteiger partial charge in [-0.1, -0.05) is 0 Å². The van der Waals surface area contributed by atoms with Gasteiger partial charge in [-0.3, -0.25) is 19.2 Å². The summed E-state index contributed by atoms with van der Waals surface area (Å²) < 4.78 is 0. The van der Waals surface area contributed by atoms with Crippen LogP contribution in [0.4, 0.5) is 0 Å². The molecule has 0 spiro atoms. The molecule has 3 heterocycles. The van der Waals surface area contributed by atoms with Crippen LogP contribution in [-0.2, 0) is 9.59 Å². The first-order valence-electron chi connectivity index (χ1n) is 7.97. The normalized spacial score (nSPS) is 21.4. The molecule has 2 aliphatic heterocycles. The Balaban J connectivity index is 1.49. The Morgan fingerprint density at radius 2 is 1.92 bits per heavy atom. The Morgan fingerprint density at radius 1 is 1.17 bits per heavy atom. The number of hydrogen-bond acceptors (Lipinski definition) is 5. The van der Waals surface area contributed by atoms with Crippen LogP contribution in [0.2, 0.25) is 0 Å². The Kier molecular flexibility index (Phi) is 4.59. The molecule has 9 heteroatoms. The summed E-state index contributed by atoms with van der Waals surface area (Å²) in [6, 6.07) is 2.21. The summed E-state index contributed by atoms with van der Waals surface area (Å²) in [6.07, 6.45) is 2.19. The fourth-order valence-corrected chi connectivity index (χ4v) is 2.97. The topological polar surface area (TPSA) is 124 Å². The van der Waals surface area contributed by atoms with E-state index in [1.165, 1.54) is 12.1 Å². The molecule has 1 aromatic heterocycles. The van der Waals surface area contributed by atoms with Gasteiger partial charge < -0.3 is 15.5 Å². The van der Waals surface area contributed by atoms with E-state index >= 15 is 0 Å². The fraction of sp³-hybridized carbons (Fsp3) is 0.533. The molecule has 128 valence electrons. The highest BCUT2D eigenvalue weighted by atomic mass is 16.2. The number of hydrogen-bond donors (Lipinski definition) is 3. The molecule has 2 saturated heterocycles. The number of nitrogens with zero attached hydrogens (tertiary/aromatic N) is 2. The van der Waals surface area contributed by atoms with Crippen LogP contribution < -0.4 is 16.2 Å². The van der Waals surface area contributed by atoms with Crippen LogP contribution >= 0.6 is 0 Å². The quantitative estimate of drug-likeness (QED) is 0.639. The van der Waals surface area contributed by atoms with Crippen molar-refractivity contribution in [2.24, 2.45) is 0 Å². The Bertz CT molecular complexity index is 688. The van der Waals surface area contributed by atoms with E-state index in [2.05, 4.69) is 20.8 Å². The average Bonchev–Trinajstić information content (AvgIpc) is 3.02. The number of carbonyl (C=O) groups excluding carboxylic acids is 3. The minimum atomic E-state index is -0.442. The molecule has 3 rings (SSSR count). The third-order valence-electron chi connectivity index (χ3n) is 4.34. The molecular weight excluding hydrogens is 314 g/mol. The Labute approximate surface area is 137 Å². The highest BCUT2D eigenvalue weighted by molar-refractivity contribution is 5.92. The first-order valence-corrected chi connectivity index (χ1v) is 7.97. The van der Waals surface area contributed by atoms with Gasteiger partial charge in [-0.05, 0) is 25.3 Å². The van der Waals surface area contributed by atoms with E-state index in [0.29, 0.717) is 38.8 Å². The van der Waals surface area contributed by atoms with E-state index in [-0.39, 0.29) is 35.0 Å². The molecular formula is C15H19N5O4. The summed E-state index contributed by atoms with van der Waals surface area (Å²) in [5.41, 5.74) is -0.155. The molecule has 0 saturated carbocycles. The molecule has 1 aromatic rings. The monoisotopic (exact) mass is 333 g/mol. The first kappa shape index (κ1) is 16.2. The van der Waals surface area contributed by atoms with Gasteiger partial charge in [0.15, 0.2) is 0 Å². The third-order valence-corrected chi connectivity index (χ3v) is 4.34. The second kappa shape index (κ2) is 6.81. The van der Waals surface area contributed by atoms with E-state index in [1.54, 1.807) is 4.90 Å². The highest BCUT2D eigenvalue weighted by Gasteiger charge is 2.30. The van der Waals surface area contributed by atoms with Crippen molar-refractivity contribution in [1.82, 2.24) is 25.7 Å². The van der Waals surface area contributed by atoms with E-state index in [0.717, 1.165) is 0 Å². The molecule has 3 amide bonds. The number of aromatic nitrogens is 2. The van der Waals surface area contributed by atoms with Crippen LogP contribution in [0.1, 0.15) is 36.2 Å². The molecule has 3 N–H and O–H groups in total. The van der Waals surface area contributed by atoms with Crippen molar-refractivity contribution < 1.29 is 14.4 Å². The lowest BCUT2D eigenvalue weighted by atomic mass is 10.0. The Morgan fingerprint density at radius 3 is 2.50 bits per heavy atom. The summed E-state index contributed by atoms with van der Waals surface area (Å²) >= 11 is 0. The summed E-state index contributed by atoms with van der Waals surface area (Å²) in [5, 5.41) is 11.6. The SMILES string of the molecule is O=C1CCC(C(=O)NC2CCN(C(=O)c3ccc(=O)[nH]n3)CC2)N1. The van der Waals surface area contributed by atoms with E-state index < -0.39 is 6.04 Å². The largest absolute Gasteiger partial charge is 0.351 e. The zero-order chi connectivity index (χ0) is 17.1. The van der Waals surface area contributed by atoms with Gasteiger partial charge in [0.05, 0.1) is 0 Å². The minimum Gasteiger partial charge on any atom is -0.351 e. The number of H-pyrrole nitrogens is 1. The molecule has 1 unspecified atom stereocenters. The van der Waals surface area contributed by atoms with Crippen LogP contribution in [0.3, 0.4) is 0 Å². The van der Waals surface area contributed by atoms with Crippen LogP contribution in [0.25, 0.3) is 0 Å². The van der Waals surface area contributed by atoms with E-state index in [1.807, 2.05) is 0 Å². The van der Waals surface area contributed by atoms with Crippen LogP contribution in [-0.4, -0.2) is 58.0 Å². The molecule has 0 bridgehead atoms. The maximum Gasteiger partial charge on any atom is 0.274 e. The summed E-state index contributed by atoms with van der Waals surface area (Å²) in [6.45, 7) is 1.00. The molecule has 2 aliphatic rings. The number of piperidine rings is 1. The standard InChI is InChI=1S/C15H19N5O4/c21-12-3-1-10(17-12)14(23)16-9-5-7-20(8-6-9)15(24)11-2-4-13(22)19-18-11/h2,4,9-10H,1,3,5-8H2,(H,16,23)(H,17,21)(H,19,22). The van der Waals surface area contributed by atoms with Gasteiger partial charge in [-0.15, -0.1) is 0 Å². The van der Waals surface area contributed by atoms with Crippen LogP contribution in [0.5, 0.6) is 0 Å². The number of amides is 3. The molecule has 9 nitrogen and oxygen atoms in total. The van der Waals surface area contributed by atoms with Gasteiger partial charge in [0.1, 0.15) is 11.7 Å². The van der Waals surface area contributed by atoms with Crippen molar-refractivity contribution in [3.8, 4) is 0 Å². The number of likely N-dealkylation sites (tertiary alicyclic amines) is 1. The zero-order valence-electron chi connectivity index (χ0n) is 13.1. The van der Waals surface area contributed by atoms with Crippen molar-refractivity contribution in [1.29, 1.82) is 0 Å². The first-order chi connectivity index (χ1) is 11.5. The molecule has 0 aromatic carbocycles. The van der Waals surface area contributed by atoms with E-state index in [4.69, 9.17) is 0 Å². The van der Waals surface area contributed by atoms with Crippen molar-refractivity contribution in [3.63, 3.8) is 0 Å². The number of aromatic amines is 1. The second-order valence-corrected chi connectivity index (χ2v) is 6.04. The molecule has 2 fully saturated rings. The lowest BCUT2D eigenvalue weighted by molar-refractivity contribution is -0.126. The predicted octanol–water partition coefficient (Wildman–Crippen LogP) is -1.23. The second-order valence-electron chi connectivity index (χ2n) is 6.04. The summed E-state index contributed by atoms with van der Waals surface area (Å²) in [5.74, 6) is -0.490. The fourth-order valence-electron chi connectivity index (χ4n) is 2.97.